The molecule has 0 unspecified atom stereocenters. The smallest absolute Gasteiger partial charge is 0.372 e. The third-order valence-corrected chi connectivity index (χ3v) is 2.68. The molecule has 2 rings (SSSR count). The molecule has 8 heteroatoms. The highest BCUT2D eigenvalue weighted by molar-refractivity contribution is 6.30. The van der Waals surface area contributed by atoms with Crippen LogP contribution in [0.1, 0.15) is 5.56 Å². The Hall–Kier alpha value is -2.85. The van der Waals surface area contributed by atoms with Gasteiger partial charge in [-0.1, -0.05) is 11.6 Å². The fourth-order valence-electron chi connectivity index (χ4n) is 1.63. The molecule has 0 aliphatic carbocycles. The van der Waals surface area contributed by atoms with Crippen LogP contribution in [0, 0.1) is 21.4 Å². The number of nitrogens with zero attached hydrogens (tertiary/aromatic N) is 3. The van der Waals surface area contributed by atoms with Crippen LogP contribution in [0.3, 0.4) is 0 Å². The highest BCUT2D eigenvalue weighted by Crippen LogP contribution is 2.37. The van der Waals surface area contributed by atoms with Gasteiger partial charge in [-0.05, 0) is 18.2 Å². The van der Waals surface area contributed by atoms with E-state index in [1.165, 1.54) is 37.6 Å². The fourth-order valence-corrected chi connectivity index (χ4v) is 1.86. The SMILES string of the molecule is COc1nccc(Oc2cc(Cl)cc(C#N)c2)c1[N+](=O)[O-]. The number of pyridine rings is 1. The molecule has 0 atom stereocenters. The molecule has 106 valence electrons. The van der Waals surface area contributed by atoms with E-state index in [1.54, 1.807) is 0 Å². The Labute approximate surface area is 124 Å². The minimum Gasteiger partial charge on any atom is -0.476 e. The maximum atomic E-state index is 11.1. The zero-order valence-corrected chi connectivity index (χ0v) is 11.5. The molecule has 0 N–H and O–H groups in total. The van der Waals surface area contributed by atoms with Crippen molar-refractivity contribution in [3.8, 4) is 23.4 Å². The molecular formula is C13H8ClN3O4. The van der Waals surface area contributed by atoms with Gasteiger partial charge in [-0.3, -0.25) is 10.1 Å². The van der Waals surface area contributed by atoms with Gasteiger partial charge in [0.25, 0.3) is 5.88 Å². The minimum absolute atomic E-state index is 0.0574. The van der Waals surface area contributed by atoms with Crippen molar-refractivity contribution in [2.24, 2.45) is 0 Å². The first-order valence-corrected chi connectivity index (χ1v) is 5.99. The first-order valence-electron chi connectivity index (χ1n) is 5.61. The summed E-state index contributed by atoms with van der Waals surface area (Å²) in [6, 6.07) is 7.56. The van der Waals surface area contributed by atoms with E-state index in [0.717, 1.165) is 0 Å². The van der Waals surface area contributed by atoms with E-state index in [4.69, 9.17) is 26.3 Å². The molecule has 1 aromatic carbocycles. The largest absolute Gasteiger partial charge is 0.476 e. The highest BCUT2D eigenvalue weighted by Gasteiger charge is 2.24. The standard InChI is InChI=1S/C13H8ClN3O4/c1-20-13-12(17(18)19)11(2-3-16-13)21-10-5-8(7-15)4-9(14)6-10/h2-6H,1H3. The van der Waals surface area contributed by atoms with Gasteiger partial charge in [0.2, 0.25) is 5.75 Å². The van der Waals surface area contributed by atoms with Crippen LogP contribution >= 0.6 is 11.6 Å². The summed E-state index contributed by atoms with van der Waals surface area (Å²) in [6.45, 7) is 0. The Morgan fingerprint density at radius 1 is 1.43 bits per heavy atom. The molecule has 0 amide bonds. The van der Waals surface area contributed by atoms with Gasteiger partial charge in [-0.2, -0.15) is 5.26 Å². The Bertz CT molecular complexity index is 743. The van der Waals surface area contributed by atoms with Gasteiger partial charge in [0.1, 0.15) is 5.75 Å². The topological polar surface area (TPSA) is 98.3 Å². The fraction of sp³-hybridized carbons (Fsp3) is 0.0769. The summed E-state index contributed by atoms with van der Waals surface area (Å²) in [6.07, 6.45) is 1.32. The average molecular weight is 306 g/mol. The third-order valence-electron chi connectivity index (χ3n) is 2.46. The molecule has 7 nitrogen and oxygen atoms in total. The summed E-state index contributed by atoms with van der Waals surface area (Å²) in [5, 5.41) is 20.3. The van der Waals surface area contributed by atoms with Gasteiger partial charge < -0.3 is 9.47 Å². The predicted octanol–water partition coefficient (Wildman–Crippen LogP) is 3.32. The number of benzene rings is 1. The van der Waals surface area contributed by atoms with Crippen molar-refractivity contribution in [2.45, 2.75) is 0 Å². The molecule has 1 aromatic heterocycles. The first kappa shape index (κ1) is 14.6. The van der Waals surface area contributed by atoms with Crippen molar-refractivity contribution in [3.05, 3.63) is 51.2 Å². The minimum atomic E-state index is -0.656. The van der Waals surface area contributed by atoms with E-state index in [1.807, 2.05) is 6.07 Å². The molecule has 0 aliphatic rings. The second-order valence-electron chi connectivity index (χ2n) is 3.81. The summed E-state index contributed by atoms with van der Waals surface area (Å²) < 4.78 is 10.3. The maximum Gasteiger partial charge on any atom is 0.372 e. The van der Waals surface area contributed by atoms with Crippen molar-refractivity contribution in [1.29, 1.82) is 5.26 Å². The summed E-state index contributed by atoms with van der Waals surface area (Å²) in [5.41, 5.74) is -0.125. The van der Waals surface area contributed by atoms with Crippen LogP contribution in [-0.4, -0.2) is 17.0 Å². The molecule has 0 radical (unpaired) electrons. The molecule has 0 fully saturated rings. The van der Waals surface area contributed by atoms with Crippen LogP contribution in [-0.2, 0) is 0 Å². The summed E-state index contributed by atoms with van der Waals surface area (Å²) >= 11 is 5.85. The molecule has 21 heavy (non-hydrogen) atoms. The Morgan fingerprint density at radius 3 is 2.81 bits per heavy atom. The number of hydrogen-bond acceptors (Lipinski definition) is 6. The lowest BCUT2D eigenvalue weighted by Crippen LogP contribution is -1.99. The van der Waals surface area contributed by atoms with Crippen LogP contribution in [0.25, 0.3) is 0 Å². The second-order valence-corrected chi connectivity index (χ2v) is 4.25. The maximum absolute atomic E-state index is 11.1. The van der Waals surface area contributed by atoms with Gasteiger partial charge in [-0.15, -0.1) is 0 Å². The number of nitro groups is 1. The number of nitriles is 1. The van der Waals surface area contributed by atoms with Gasteiger partial charge in [0, 0.05) is 17.3 Å². The number of rotatable bonds is 4. The third kappa shape index (κ3) is 3.19. The van der Waals surface area contributed by atoms with Gasteiger partial charge in [0.15, 0.2) is 0 Å². The second kappa shape index (κ2) is 6.07. The Morgan fingerprint density at radius 2 is 2.19 bits per heavy atom. The van der Waals surface area contributed by atoms with E-state index < -0.39 is 10.6 Å². The molecule has 0 bridgehead atoms. The number of aromatic nitrogens is 1. The van der Waals surface area contributed by atoms with Crippen molar-refractivity contribution >= 4 is 17.3 Å². The van der Waals surface area contributed by atoms with Crippen LogP contribution in [0.15, 0.2) is 30.5 Å². The van der Waals surface area contributed by atoms with E-state index in [-0.39, 0.29) is 28.0 Å². The molecular weight excluding hydrogens is 298 g/mol. The number of hydrogen-bond donors (Lipinski definition) is 0. The number of ether oxygens (including phenoxy) is 2. The van der Waals surface area contributed by atoms with Gasteiger partial charge >= 0.3 is 5.69 Å². The lowest BCUT2D eigenvalue weighted by Gasteiger charge is -2.08. The molecule has 1 heterocycles. The first-order chi connectivity index (χ1) is 10.0. The summed E-state index contributed by atoms with van der Waals surface area (Å²) in [5.74, 6) is -0.0200. The van der Waals surface area contributed by atoms with Crippen LogP contribution in [0.5, 0.6) is 17.4 Å². The van der Waals surface area contributed by atoms with E-state index in [0.29, 0.717) is 0 Å². The van der Waals surface area contributed by atoms with E-state index in [9.17, 15) is 10.1 Å². The highest BCUT2D eigenvalue weighted by atomic mass is 35.5. The Balaban J connectivity index is 2.47. The van der Waals surface area contributed by atoms with Crippen molar-refractivity contribution in [1.82, 2.24) is 4.98 Å². The average Bonchev–Trinajstić information content (AvgIpc) is 2.45. The predicted molar refractivity (Wildman–Crippen MR) is 73.7 cm³/mol. The summed E-state index contributed by atoms with van der Waals surface area (Å²) in [4.78, 5) is 14.2. The normalized spacial score (nSPS) is 9.76. The zero-order chi connectivity index (χ0) is 15.4. The van der Waals surface area contributed by atoms with E-state index in [2.05, 4.69) is 4.98 Å². The molecule has 0 aliphatic heterocycles. The molecule has 0 saturated heterocycles. The molecule has 2 aromatic rings. The number of methoxy groups -OCH3 is 1. The van der Waals surface area contributed by atoms with Crippen molar-refractivity contribution in [2.75, 3.05) is 7.11 Å². The Kier molecular flexibility index (Phi) is 4.21. The van der Waals surface area contributed by atoms with E-state index >= 15 is 0 Å². The number of halogens is 1. The zero-order valence-electron chi connectivity index (χ0n) is 10.7. The lowest BCUT2D eigenvalue weighted by molar-refractivity contribution is -0.386. The van der Waals surface area contributed by atoms with Gasteiger partial charge in [-0.25, -0.2) is 4.98 Å². The van der Waals surface area contributed by atoms with Crippen LogP contribution in [0.2, 0.25) is 5.02 Å². The van der Waals surface area contributed by atoms with Crippen LogP contribution in [0.4, 0.5) is 5.69 Å². The van der Waals surface area contributed by atoms with Gasteiger partial charge in [0.05, 0.1) is 23.7 Å². The lowest BCUT2D eigenvalue weighted by atomic mass is 10.2. The van der Waals surface area contributed by atoms with Crippen molar-refractivity contribution < 1.29 is 14.4 Å². The van der Waals surface area contributed by atoms with Crippen molar-refractivity contribution in [3.63, 3.8) is 0 Å². The molecule has 0 saturated carbocycles. The molecule has 0 spiro atoms. The monoisotopic (exact) mass is 305 g/mol. The quantitative estimate of drug-likeness (QED) is 0.634. The summed E-state index contributed by atoms with van der Waals surface area (Å²) in [7, 11) is 1.27. The van der Waals surface area contributed by atoms with Crippen LogP contribution < -0.4 is 9.47 Å².